The standard InChI is InChI=1S/C17H13NO8/c1-26-13-5-3-9(16(22)23)7-12(13)18-14(19)10-4-2-8(15(20)21)6-11(10)17(24)25/h2-7H,1H3,(H,18,19)(H,20,21)(H,22,23)(H,24,25). The van der Waals surface area contributed by atoms with Gasteiger partial charge in [-0.3, -0.25) is 4.79 Å². The van der Waals surface area contributed by atoms with E-state index in [0.29, 0.717) is 0 Å². The summed E-state index contributed by atoms with van der Waals surface area (Å²) in [6, 6.07) is 6.80. The van der Waals surface area contributed by atoms with Gasteiger partial charge in [0, 0.05) is 0 Å². The summed E-state index contributed by atoms with van der Waals surface area (Å²) in [6.45, 7) is 0. The van der Waals surface area contributed by atoms with Crippen molar-refractivity contribution in [1.82, 2.24) is 0 Å². The number of rotatable bonds is 6. The molecular formula is C17H13NO8. The number of ether oxygens (including phenoxy) is 1. The number of carbonyl (C=O) groups is 4. The Morgan fingerprint density at radius 2 is 1.38 bits per heavy atom. The predicted molar refractivity (Wildman–Crippen MR) is 88.3 cm³/mol. The highest BCUT2D eigenvalue weighted by Crippen LogP contribution is 2.26. The van der Waals surface area contributed by atoms with Gasteiger partial charge in [-0.2, -0.15) is 0 Å². The van der Waals surface area contributed by atoms with Crippen molar-refractivity contribution in [3.8, 4) is 5.75 Å². The van der Waals surface area contributed by atoms with Gasteiger partial charge in [0.15, 0.2) is 0 Å². The summed E-state index contributed by atoms with van der Waals surface area (Å²) >= 11 is 0. The zero-order chi connectivity index (χ0) is 19.4. The first-order valence-electron chi connectivity index (χ1n) is 7.08. The van der Waals surface area contributed by atoms with E-state index in [9.17, 15) is 24.3 Å². The molecule has 0 aliphatic carbocycles. The third-order valence-corrected chi connectivity index (χ3v) is 3.44. The molecule has 2 aromatic carbocycles. The molecule has 0 heterocycles. The van der Waals surface area contributed by atoms with Gasteiger partial charge >= 0.3 is 17.9 Å². The van der Waals surface area contributed by atoms with Crippen molar-refractivity contribution in [2.75, 3.05) is 12.4 Å². The maximum atomic E-state index is 12.4. The highest BCUT2D eigenvalue weighted by molar-refractivity contribution is 6.12. The number of hydrogen-bond donors (Lipinski definition) is 4. The molecular weight excluding hydrogens is 346 g/mol. The lowest BCUT2D eigenvalue weighted by Crippen LogP contribution is -2.18. The fraction of sp³-hybridized carbons (Fsp3) is 0.0588. The van der Waals surface area contributed by atoms with Gasteiger partial charge < -0.3 is 25.4 Å². The monoisotopic (exact) mass is 359 g/mol. The summed E-state index contributed by atoms with van der Waals surface area (Å²) in [6.07, 6.45) is 0. The minimum Gasteiger partial charge on any atom is -0.495 e. The molecule has 0 bridgehead atoms. The van der Waals surface area contributed by atoms with Crippen LogP contribution in [0.25, 0.3) is 0 Å². The van der Waals surface area contributed by atoms with E-state index in [2.05, 4.69) is 5.32 Å². The van der Waals surface area contributed by atoms with Crippen molar-refractivity contribution < 1.29 is 39.2 Å². The predicted octanol–water partition coefficient (Wildman–Crippen LogP) is 2.04. The quantitative estimate of drug-likeness (QED) is 0.612. The summed E-state index contributed by atoms with van der Waals surface area (Å²) in [5.74, 6) is -4.73. The molecule has 0 spiro atoms. The van der Waals surface area contributed by atoms with Crippen molar-refractivity contribution >= 4 is 29.5 Å². The number of hydrogen-bond acceptors (Lipinski definition) is 5. The van der Waals surface area contributed by atoms with Crippen molar-refractivity contribution in [3.63, 3.8) is 0 Å². The van der Waals surface area contributed by atoms with Gasteiger partial charge in [0.05, 0.1) is 35.1 Å². The van der Waals surface area contributed by atoms with Crippen molar-refractivity contribution in [2.45, 2.75) is 0 Å². The van der Waals surface area contributed by atoms with Gasteiger partial charge in [-0.25, -0.2) is 14.4 Å². The van der Waals surface area contributed by atoms with Crippen LogP contribution in [-0.4, -0.2) is 46.2 Å². The Hall–Kier alpha value is -3.88. The Balaban J connectivity index is 2.45. The van der Waals surface area contributed by atoms with Crippen LogP contribution in [0.5, 0.6) is 5.75 Å². The van der Waals surface area contributed by atoms with Gasteiger partial charge in [-0.1, -0.05) is 0 Å². The lowest BCUT2D eigenvalue weighted by molar-refractivity contribution is 0.0681. The van der Waals surface area contributed by atoms with Crippen LogP contribution in [-0.2, 0) is 0 Å². The number of amides is 1. The first-order valence-corrected chi connectivity index (χ1v) is 7.08. The molecule has 2 rings (SSSR count). The second kappa shape index (κ2) is 7.34. The number of carboxylic acid groups (broad SMARTS) is 3. The van der Waals surface area contributed by atoms with Crippen molar-refractivity contribution in [3.05, 3.63) is 58.7 Å². The van der Waals surface area contributed by atoms with Crippen molar-refractivity contribution in [2.24, 2.45) is 0 Å². The highest BCUT2D eigenvalue weighted by Gasteiger charge is 2.20. The second-order valence-corrected chi connectivity index (χ2v) is 5.05. The highest BCUT2D eigenvalue weighted by atomic mass is 16.5. The molecule has 0 unspecified atom stereocenters. The van der Waals surface area contributed by atoms with Gasteiger partial charge in [-0.05, 0) is 36.4 Å². The van der Waals surface area contributed by atoms with E-state index in [-0.39, 0.29) is 28.1 Å². The molecule has 0 aromatic heterocycles. The molecule has 0 aliphatic heterocycles. The number of anilines is 1. The zero-order valence-electron chi connectivity index (χ0n) is 13.3. The molecule has 134 valence electrons. The lowest BCUT2D eigenvalue weighted by atomic mass is 10.0. The molecule has 0 fully saturated rings. The topological polar surface area (TPSA) is 150 Å². The molecule has 0 saturated carbocycles. The van der Waals surface area contributed by atoms with E-state index in [1.165, 1.54) is 19.2 Å². The molecule has 2 aromatic rings. The molecule has 9 heteroatoms. The number of carbonyl (C=O) groups excluding carboxylic acids is 1. The van der Waals surface area contributed by atoms with Crippen LogP contribution in [0.15, 0.2) is 36.4 Å². The molecule has 0 aliphatic rings. The minimum atomic E-state index is -1.48. The number of methoxy groups -OCH3 is 1. The second-order valence-electron chi connectivity index (χ2n) is 5.05. The smallest absolute Gasteiger partial charge is 0.336 e. The Morgan fingerprint density at radius 1 is 0.808 bits per heavy atom. The summed E-state index contributed by atoms with van der Waals surface area (Å²) in [4.78, 5) is 45.8. The van der Waals surface area contributed by atoms with E-state index in [4.69, 9.17) is 14.9 Å². The van der Waals surface area contributed by atoms with E-state index in [1.54, 1.807) is 0 Å². The first-order chi connectivity index (χ1) is 12.2. The van der Waals surface area contributed by atoms with Crippen LogP contribution in [0, 0.1) is 0 Å². The Bertz CT molecular complexity index is 919. The summed E-state index contributed by atoms with van der Waals surface area (Å²) in [7, 11) is 1.32. The molecule has 4 N–H and O–H groups in total. The molecule has 1 amide bonds. The normalized spacial score (nSPS) is 10.0. The third kappa shape index (κ3) is 3.78. The van der Waals surface area contributed by atoms with E-state index in [0.717, 1.165) is 24.3 Å². The number of carboxylic acids is 3. The lowest BCUT2D eigenvalue weighted by Gasteiger charge is -2.12. The zero-order valence-corrected chi connectivity index (χ0v) is 13.3. The van der Waals surface area contributed by atoms with Crippen molar-refractivity contribution in [1.29, 1.82) is 0 Å². The van der Waals surface area contributed by atoms with Gasteiger partial charge in [0.2, 0.25) is 0 Å². The maximum Gasteiger partial charge on any atom is 0.336 e. The van der Waals surface area contributed by atoms with Crippen LogP contribution in [0.4, 0.5) is 5.69 Å². The van der Waals surface area contributed by atoms with Crippen LogP contribution < -0.4 is 10.1 Å². The van der Waals surface area contributed by atoms with Gasteiger partial charge in [0.25, 0.3) is 5.91 Å². The fourth-order valence-electron chi connectivity index (χ4n) is 2.18. The summed E-state index contributed by atoms with van der Waals surface area (Å²) < 4.78 is 5.04. The number of nitrogens with one attached hydrogen (secondary N) is 1. The third-order valence-electron chi connectivity index (χ3n) is 3.44. The van der Waals surface area contributed by atoms with E-state index < -0.39 is 29.4 Å². The average molecular weight is 359 g/mol. The maximum absolute atomic E-state index is 12.4. The molecule has 26 heavy (non-hydrogen) atoms. The van der Waals surface area contributed by atoms with Crippen LogP contribution in [0.2, 0.25) is 0 Å². The van der Waals surface area contributed by atoms with Crippen LogP contribution >= 0.6 is 0 Å². The largest absolute Gasteiger partial charge is 0.495 e. The first kappa shape index (κ1) is 18.5. The van der Waals surface area contributed by atoms with Gasteiger partial charge in [-0.15, -0.1) is 0 Å². The molecule has 0 atom stereocenters. The minimum absolute atomic E-state index is 0.0241. The molecule has 9 nitrogen and oxygen atoms in total. The van der Waals surface area contributed by atoms with Gasteiger partial charge in [0.1, 0.15) is 5.75 Å². The number of benzene rings is 2. The van der Waals surface area contributed by atoms with E-state index >= 15 is 0 Å². The Morgan fingerprint density at radius 3 is 1.92 bits per heavy atom. The van der Waals surface area contributed by atoms with Crippen LogP contribution in [0.1, 0.15) is 41.4 Å². The molecule has 0 saturated heterocycles. The molecule has 0 radical (unpaired) electrons. The van der Waals surface area contributed by atoms with Crippen LogP contribution in [0.3, 0.4) is 0 Å². The summed E-state index contributed by atoms with van der Waals surface area (Å²) in [5.41, 5.74) is -1.16. The SMILES string of the molecule is COc1ccc(C(=O)O)cc1NC(=O)c1ccc(C(=O)O)cc1C(=O)O. The average Bonchev–Trinajstić information content (AvgIpc) is 2.60. The fourth-order valence-corrected chi connectivity index (χ4v) is 2.18. The number of aromatic carboxylic acids is 3. The summed E-state index contributed by atoms with van der Waals surface area (Å²) in [5, 5.41) is 29.6. The Kier molecular flexibility index (Phi) is 5.21. The Labute approximate surface area is 146 Å². The van der Waals surface area contributed by atoms with E-state index in [1.807, 2.05) is 0 Å².